The van der Waals surface area contributed by atoms with Gasteiger partial charge in [0.15, 0.2) is 11.5 Å². The molecule has 9 heteroatoms. The molecule has 1 aliphatic rings. The normalized spacial score (nSPS) is 16.9. The third-order valence-electron chi connectivity index (χ3n) is 6.43. The third-order valence-corrected chi connectivity index (χ3v) is 6.43. The summed E-state index contributed by atoms with van der Waals surface area (Å²) in [5.41, 5.74) is 2.66. The van der Waals surface area contributed by atoms with E-state index in [-0.39, 0.29) is 25.5 Å². The van der Waals surface area contributed by atoms with Crippen molar-refractivity contribution < 1.29 is 33.7 Å². The standard InChI is InChI=1S/C27H34N2O7/c1-4-36-27(33)22(18-8-6-5-7-9-18)10-11-28-21(17-30)16-29-15-20-14-25(35-3)24(34-2)13-19(20)12-23(29)26(31)32/h5-9,13-14,17,21-23,28H,4,10-12,15-16H2,1-3H3,(H,31,32)/t21-,22-,23-/m0/s1. The van der Waals surface area contributed by atoms with E-state index in [1.54, 1.807) is 26.0 Å². The van der Waals surface area contributed by atoms with Gasteiger partial charge < -0.3 is 29.4 Å². The number of carbonyl (C=O) groups is 3. The van der Waals surface area contributed by atoms with Crippen molar-refractivity contribution in [3.05, 3.63) is 59.2 Å². The molecule has 0 fully saturated rings. The second kappa shape index (κ2) is 13.0. The second-order valence-electron chi connectivity index (χ2n) is 8.66. The number of aliphatic carboxylic acids is 1. The Kier molecular flexibility index (Phi) is 9.84. The van der Waals surface area contributed by atoms with Gasteiger partial charge in [-0.25, -0.2) is 0 Å². The van der Waals surface area contributed by atoms with Crippen LogP contribution in [0.1, 0.15) is 36.0 Å². The lowest BCUT2D eigenvalue weighted by Gasteiger charge is -2.36. The van der Waals surface area contributed by atoms with Crippen LogP contribution in [0.5, 0.6) is 11.5 Å². The number of hydrogen-bond acceptors (Lipinski definition) is 8. The number of methoxy groups -OCH3 is 2. The number of carbonyl (C=O) groups excluding carboxylic acids is 2. The van der Waals surface area contributed by atoms with E-state index in [9.17, 15) is 19.5 Å². The number of nitrogens with zero attached hydrogens (tertiary/aromatic N) is 1. The Balaban J connectivity index is 1.69. The fraction of sp³-hybridized carbons (Fsp3) is 0.444. The van der Waals surface area contributed by atoms with Crippen molar-refractivity contribution in [1.82, 2.24) is 10.2 Å². The maximum absolute atomic E-state index is 12.5. The Labute approximate surface area is 211 Å². The highest BCUT2D eigenvalue weighted by molar-refractivity contribution is 5.78. The summed E-state index contributed by atoms with van der Waals surface area (Å²) >= 11 is 0. The minimum Gasteiger partial charge on any atom is -0.493 e. The molecule has 0 spiro atoms. The van der Waals surface area contributed by atoms with E-state index in [0.717, 1.165) is 23.0 Å². The van der Waals surface area contributed by atoms with Crippen LogP contribution in [0.2, 0.25) is 0 Å². The van der Waals surface area contributed by atoms with Crippen molar-refractivity contribution in [3.8, 4) is 11.5 Å². The zero-order chi connectivity index (χ0) is 26.1. The first-order valence-electron chi connectivity index (χ1n) is 12.0. The SMILES string of the molecule is CCOC(=O)[C@@H](CCN[C@H](C=O)CN1Cc2cc(OC)c(OC)cc2C[C@H]1C(=O)O)c1ccccc1. The van der Waals surface area contributed by atoms with Crippen LogP contribution in [-0.4, -0.2) is 74.2 Å². The van der Waals surface area contributed by atoms with Gasteiger partial charge in [-0.2, -0.15) is 0 Å². The molecule has 9 nitrogen and oxygen atoms in total. The number of nitrogens with one attached hydrogen (secondary N) is 1. The zero-order valence-corrected chi connectivity index (χ0v) is 20.9. The van der Waals surface area contributed by atoms with Crippen molar-refractivity contribution in [2.24, 2.45) is 0 Å². The van der Waals surface area contributed by atoms with Crippen LogP contribution in [0.15, 0.2) is 42.5 Å². The topological polar surface area (TPSA) is 114 Å². The van der Waals surface area contributed by atoms with Crippen molar-refractivity contribution >= 4 is 18.2 Å². The molecule has 3 atom stereocenters. The summed E-state index contributed by atoms with van der Waals surface area (Å²) in [5.74, 6) is -0.596. The summed E-state index contributed by atoms with van der Waals surface area (Å²) in [6.07, 6.45) is 1.51. The van der Waals surface area contributed by atoms with Crippen LogP contribution >= 0.6 is 0 Å². The first-order chi connectivity index (χ1) is 17.4. The van der Waals surface area contributed by atoms with Crippen molar-refractivity contribution in [2.45, 2.75) is 44.3 Å². The van der Waals surface area contributed by atoms with Gasteiger partial charge in [0, 0.05) is 13.1 Å². The molecule has 2 aromatic carbocycles. The molecule has 0 aromatic heterocycles. The Morgan fingerprint density at radius 2 is 1.81 bits per heavy atom. The highest BCUT2D eigenvalue weighted by Crippen LogP contribution is 2.34. The lowest BCUT2D eigenvalue weighted by Crippen LogP contribution is -2.51. The van der Waals surface area contributed by atoms with E-state index in [1.807, 2.05) is 42.5 Å². The molecule has 0 bridgehead atoms. The molecule has 36 heavy (non-hydrogen) atoms. The summed E-state index contributed by atoms with van der Waals surface area (Å²) in [5, 5.41) is 13.1. The van der Waals surface area contributed by atoms with Crippen LogP contribution in [0, 0.1) is 0 Å². The number of aldehydes is 1. The molecular weight excluding hydrogens is 464 g/mol. The summed E-state index contributed by atoms with van der Waals surface area (Å²) in [4.78, 5) is 38.3. The van der Waals surface area contributed by atoms with E-state index in [4.69, 9.17) is 14.2 Å². The fourth-order valence-electron chi connectivity index (χ4n) is 4.57. The van der Waals surface area contributed by atoms with Crippen molar-refractivity contribution in [2.75, 3.05) is 33.9 Å². The Morgan fingerprint density at radius 1 is 1.14 bits per heavy atom. The summed E-state index contributed by atoms with van der Waals surface area (Å²) < 4.78 is 16.0. The summed E-state index contributed by atoms with van der Waals surface area (Å²) in [6.45, 7) is 3.00. The highest BCUT2D eigenvalue weighted by atomic mass is 16.5. The smallest absolute Gasteiger partial charge is 0.321 e. The Morgan fingerprint density at radius 3 is 2.39 bits per heavy atom. The number of carboxylic acids is 1. The van der Waals surface area contributed by atoms with Gasteiger partial charge in [-0.3, -0.25) is 14.5 Å². The highest BCUT2D eigenvalue weighted by Gasteiger charge is 2.34. The molecule has 1 heterocycles. The van der Waals surface area contributed by atoms with Gasteiger partial charge in [-0.15, -0.1) is 0 Å². The molecule has 2 N–H and O–H groups in total. The van der Waals surface area contributed by atoms with Gasteiger partial charge in [0.2, 0.25) is 0 Å². The van der Waals surface area contributed by atoms with Gasteiger partial charge in [-0.1, -0.05) is 30.3 Å². The molecule has 0 unspecified atom stereocenters. The molecule has 1 aliphatic heterocycles. The molecule has 0 amide bonds. The van der Waals surface area contributed by atoms with Gasteiger partial charge in [-0.05, 0) is 55.1 Å². The number of fused-ring (bicyclic) bond motifs is 1. The average Bonchev–Trinajstić information content (AvgIpc) is 2.89. The first kappa shape index (κ1) is 27.2. The summed E-state index contributed by atoms with van der Waals surface area (Å²) in [7, 11) is 3.09. The van der Waals surface area contributed by atoms with E-state index >= 15 is 0 Å². The van der Waals surface area contributed by atoms with E-state index in [2.05, 4.69) is 5.32 Å². The molecule has 0 saturated heterocycles. The predicted octanol–water partition coefficient (Wildman–Crippen LogP) is 2.41. The molecule has 0 radical (unpaired) electrons. The number of carboxylic acid groups (broad SMARTS) is 1. The Bertz CT molecular complexity index is 1040. The number of rotatable bonds is 13. The third kappa shape index (κ3) is 6.61. The molecule has 3 rings (SSSR count). The van der Waals surface area contributed by atoms with Crippen LogP contribution < -0.4 is 14.8 Å². The van der Waals surface area contributed by atoms with Gasteiger partial charge in [0.25, 0.3) is 0 Å². The van der Waals surface area contributed by atoms with Gasteiger partial charge >= 0.3 is 11.9 Å². The van der Waals surface area contributed by atoms with E-state index < -0.39 is 24.0 Å². The molecular formula is C27H34N2O7. The monoisotopic (exact) mass is 498 g/mol. The molecule has 0 saturated carbocycles. The van der Waals surface area contributed by atoms with Gasteiger partial charge in [0.1, 0.15) is 12.3 Å². The van der Waals surface area contributed by atoms with Crippen molar-refractivity contribution in [3.63, 3.8) is 0 Å². The first-order valence-corrected chi connectivity index (χ1v) is 12.0. The van der Waals surface area contributed by atoms with Crippen LogP contribution in [0.25, 0.3) is 0 Å². The predicted molar refractivity (Wildman–Crippen MR) is 133 cm³/mol. The Hall–Kier alpha value is -3.43. The minimum absolute atomic E-state index is 0.212. The number of benzene rings is 2. The maximum atomic E-state index is 12.5. The van der Waals surface area contributed by atoms with E-state index in [0.29, 0.717) is 31.0 Å². The quantitative estimate of drug-likeness (QED) is 0.317. The summed E-state index contributed by atoms with van der Waals surface area (Å²) in [6, 6.07) is 11.7. The largest absolute Gasteiger partial charge is 0.493 e. The molecule has 194 valence electrons. The second-order valence-corrected chi connectivity index (χ2v) is 8.66. The average molecular weight is 499 g/mol. The number of esters is 1. The fourth-order valence-corrected chi connectivity index (χ4v) is 4.57. The number of hydrogen-bond donors (Lipinski definition) is 2. The van der Waals surface area contributed by atoms with Crippen LogP contribution in [0.4, 0.5) is 0 Å². The van der Waals surface area contributed by atoms with Gasteiger partial charge in [0.05, 0.1) is 32.8 Å². The van der Waals surface area contributed by atoms with E-state index in [1.165, 1.54) is 0 Å². The molecule has 2 aromatic rings. The zero-order valence-electron chi connectivity index (χ0n) is 20.9. The van der Waals surface area contributed by atoms with Crippen LogP contribution in [0.3, 0.4) is 0 Å². The van der Waals surface area contributed by atoms with Crippen LogP contribution in [-0.2, 0) is 32.1 Å². The lowest BCUT2D eigenvalue weighted by atomic mass is 9.92. The maximum Gasteiger partial charge on any atom is 0.321 e. The number of ether oxygens (including phenoxy) is 3. The molecule has 0 aliphatic carbocycles. The minimum atomic E-state index is -0.952. The van der Waals surface area contributed by atoms with Crippen molar-refractivity contribution in [1.29, 1.82) is 0 Å². The lowest BCUT2D eigenvalue weighted by molar-refractivity contribution is -0.145.